The van der Waals surface area contributed by atoms with Gasteiger partial charge in [-0.1, -0.05) is 36.4 Å². The molecule has 2 aromatic carbocycles. The minimum atomic E-state index is -0.405. The van der Waals surface area contributed by atoms with Gasteiger partial charge in [0.05, 0.1) is 3.58 Å². The fourth-order valence-electron chi connectivity index (χ4n) is 1.57. The summed E-state index contributed by atoms with van der Waals surface area (Å²) in [6.45, 7) is 5.59. The second-order valence-electron chi connectivity index (χ2n) is 3.81. The minimum absolute atomic E-state index is 0.367. The van der Waals surface area contributed by atoms with Crippen LogP contribution in [-0.4, -0.2) is 5.97 Å². The molecule has 0 atom stereocenters. The molecule has 0 heterocycles. The molecule has 0 aliphatic rings. The van der Waals surface area contributed by atoms with Gasteiger partial charge >= 0.3 is 5.97 Å². The molecule has 86 valence electrons. The van der Waals surface area contributed by atoms with E-state index in [0.29, 0.717) is 9.33 Å². The van der Waals surface area contributed by atoms with Crippen molar-refractivity contribution in [1.82, 2.24) is 0 Å². The summed E-state index contributed by atoms with van der Waals surface area (Å²) in [7, 11) is 0. The summed E-state index contributed by atoms with van der Waals surface area (Å²) >= 11 is 1.85. The zero-order valence-electron chi connectivity index (χ0n) is 9.37. The van der Waals surface area contributed by atoms with Crippen LogP contribution in [0, 0.1) is 6.92 Å². The van der Waals surface area contributed by atoms with Crippen molar-refractivity contribution < 1.29 is 9.53 Å². The van der Waals surface area contributed by atoms with Crippen molar-refractivity contribution in [3.8, 4) is 5.75 Å². The van der Waals surface area contributed by atoms with Crippen LogP contribution in [0.2, 0.25) is 0 Å². The molecule has 0 bridgehead atoms. The second-order valence-corrected chi connectivity index (χ2v) is 5.11. The van der Waals surface area contributed by atoms with E-state index in [2.05, 4.69) is 12.6 Å². The van der Waals surface area contributed by atoms with Crippen molar-refractivity contribution in [1.29, 1.82) is 0 Å². The highest BCUT2D eigenvalue weighted by Crippen LogP contribution is 2.22. The van der Waals surface area contributed by atoms with Crippen LogP contribution in [0.3, 0.4) is 0 Å². The van der Waals surface area contributed by atoms with Crippen molar-refractivity contribution in [3.63, 3.8) is 0 Å². The third-order valence-electron chi connectivity index (χ3n) is 2.40. The predicted octanol–water partition coefficient (Wildman–Crippen LogP) is 4.00. The normalized spacial score (nSPS) is 10.2. The van der Waals surface area contributed by atoms with Gasteiger partial charge in [0.25, 0.3) is 0 Å². The lowest BCUT2D eigenvalue weighted by molar-refractivity contribution is -0.129. The van der Waals surface area contributed by atoms with Crippen molar-refractivity contribution in [3.05, 3.63) is 52.1 Å². The van der Waals surface area contributed by atoms with E-state index in [-0.39, 0.29) is 0 Å². The maximum absolute atomic E-state index is 11.4. The largest absolute Gasteiger partial charge is 0.423 e. The number of aryl methyl sites for hydroxylation is 1. The molecule has 3 heteroatoms. The molecule has 2 nitrogen and oxygen atoms in total. The van der Waals surface area contributed by atoms with Crippen LogP contribution in [0.15, 0.2) is 46.6 Å². The molecule has 0 amide bonds. The summed E-state index contributed by atoms with van der Waals surface area (Å²) in [4.78, 5) is 11.4. The smallest absolute Gasteiger partial charge is 0.349 e. The quantitative estimate of drug-likeness (QED) is 0.358. The standard InChI is InChI=1S/C14H11IO2/c1-9-3-4-12-8-13(6-5-11(12)7-9)17-14(16)10(2)15/h3-8H,2H2,1H3. The van der Waals surface area contributed by atoms with Gasteiger partial charge in [0.15, 0.2) is 0 Å². The first kappa shape index (κ1) is 12.1. The molecule has 2 rings (SSSR count). The summed E-state index contributed by atoms with van der Waals surface area (Å²) in [5, 5.41) is 2.19. The van der Waals surface area contributed by atoms with Gasteiger partial charge in [-0.05, 0) is 52.4 Å². The topological polar surface area (TPSA) is 26.3 Å². The monoisotopic (exact) mass is 338 g/mol. The highest BCUT2D eigenvalue weighted by Gasteiger charge is 2.06. The zero-order valence-corrected chi connectivity index (χ0v) is 11.5. The minimum Gasteiger partial charge on any atom is -0.423 e. The fraction of sp³-hybridized carbons (Fsp3) is 0.0714. The third kappa shape index (κ3) is 2.85. The predicted molar refractivity (Wildman–Crippen MR) is 77.5 cm³/mol. The van der Waals surface area contributed by atoms with Crippen LogP contribution in [0.4, 0.5) is 0 Å². The van der Waals surface area contributed by atoms with Crippen molar-refractivity contribution in [2.45, 2.75) is 6.92 Å². The first-order valence-electron chi connectivity index (χ1n) is 5.13. The summed E-state index contributed by atoms with van der Waals surface area (Å²) < 4.78 is 5.54. The van der Waals surface area contributed by atoms with Crippen LogP contribution >= 0.6 is 22.6 Å². The highest BCUT2D eigenvalue weighted by molar-refractivity contribution is 14.1. The number of fused-ring (bicyclic) bond motifs is 1. The Hall–Kier alpha value is -1.36. The second kappa shape index (κ2) is 4.87. The maximum atomic E-state index is 11.4. The summed E-state index contributed by atoms with van der Waals surface area (Å²) in [6.07, 6.45) is 0. The Labute approximate surface area is 113 Å². The Kier molecular flexibility index (Phi) is 3.47. The van der Waals surface area contributed by atoms with Crippen molar-refractivity contribution in [2.24, 2.45) is 0 Å². The number of ether oxygens (including phenoxy) is 1. The van der Waals surface area contributed by atoms with Gasteiger partial charge in [-0.15, -0.1) is 0 Å². The van der Waals surface area contributed by atoms with Gasteiger partial charge in [-0.3, -0.25) is 0 Å². The molecule has 0 saturated carbocycles. The van der Waals surface area contributed by atoms with Crippen LogP contribution < -0.4 is 4.74 Å². The van der Waals surface area contributed by atoms with Gasteiger partial charge in [-0.25, -0.2) is 4.79 Å². The van der Waals surface area contributed by atoms with E-state index in [9.17, 15) is 4.79 Å². The molecule has 2 aromatic rings. The number of carbonyl (C=O) groups is 1. The van der Waals surface area contributed by atoms with Gasteiger partial charge in [0.2, 0.25) is 0 Å². The van der Waals surface area contributed by atoms with E-state index in [1.54, 1.807) is 6.07 Å². The molecule has 0 saturated heterocycles. The molecule has 0 aromatic heterocycles. The first-order valence-corrected chi connectivity index (χ1v) is 6.21. The molecular formula is C14H11IO2. The van der Waals surface area contributed by atoms with Gasteiger partial charge < -0.3 is 4.74 Å². The Morgan fingerprint density at radius 3 is 2.53 bits per heavy atom. The summed E-state index contributed by atoms with van der Waals surface area (Å²) in [5.74, 6) is 0.140. The zero-order chi connectivity index (χ0) is 12.4. The Morgan fingerprint density at radius 2 is 1.82 bits per heavy atom. The molecule has 0 unspecified atom stereocenters. The maximum Gasteiger partial charge on any atom is 0.349 e. The SMILES string of the molecule is C=C(I)C(=O)Oc1ccc2cc(C)ccc2c1. The molecule has 0 N–H and O–H groups in total. The third-order valence-corrected chi connectivity index (χ3v) is 2.84. The van der Waals surface area contributed by atoms with Crippen LogP contribution in [-0.2, 0) is 4.79 Å². The molecule has 0 radical (unpaired) electrons. The summed E-state index contributed by atoms with van der Waals surface area (Å²) in [6, 6.07) is 11.7. The van der Waals surface area contributed by atoms with E-state index in [1.807, 2.05) is 53.8 Å². The van der Waals surface area contributed by atoms with Crippen LogP contribution in [0.1, 0.15) is 5.56 Å². The lowest BCUT2D eigenvalue weighted by atomic mass is 10.1. The van der Waals surface area contributed by atoms with E-state index in [1.165, 1.54) is 5.56 Å². The van der Waals surface area contributed by atoms with E-state index in [4.69, 9.17) is 4.74 Å². The highest BCUT2D eigenvalue weighted by atomic mass is 127. The first-order chi connectivity index (χ1) is 8.06. The number of benzene rings is 2. The Morgan fingerprint density at radius 1 is 1.18 bits per heavy atom. The Bertz CT molecular complexity index is 602. The fourth-order valence-corrected chi connectivity index (χ4v) is 1.68. The lowest BCUT2D eigenvalue weighted by Crippen LogP contribution is -2.06. The molecule has 0 aliphatic heterocycles. The van der Waals surface area contributed by atoms with Crippen LogP contribution in [0.25, 0.3) is 10.8 Å². The number of hydrogen-bond acceptors (Lipinski definition) is 2. The molecular weight excluding hydrogens is 327 g/mol. The number of hydrogen-bond donors (Lipinski definition) is 0. The molecule has 0 spiro atoms. The number of rotatable bonds is 2. The van der Waals surface area contributed by atoms with Gasteiger partial charge in [-0.2, -0.15) is 0 Å². The molecule has 0 fully saturated rings. The van der Waals surface area contributed by atoms with Gasteiger partial charge in [0, 0.05) is 0 Å². The number of halogens is 1. The van der Waals surface area contributed by atoms with E-state index < -0.39 is 5.97 Å². The number of carbonyl (C=O) groups excluding carboxylic acids is 1. The van der Waals surface area contributed by atoms with E-state index in [0.717, 1.165) is 10.8 Å². The van der Waals surface area contributed by atoms with E-state index >= 15 is 0 Å². The van der Waals surface area contributed by atoms with Gasteiger partial charge in [0.1, 0.15) is 5.75 Å². The summed E-state index contributed by atoms with van der Waals surface area (Å²) in [5.41, 5.74) is 1.21. The molecule has 0 aliphatic carbocycles. The molecule has 17 heavy (non-hydrogen) atoms. The average Bonchev–Trinajstić information content (AvgIpc) is 2.29. The van der Waals surface area contributed by atoms with Crippen LogP contribution in [0.5, 0.6) is 5.75 Å². The Balaban J connectivity index is 2.35. The average molecular weight is 338 g/mol. The van der Waals surface area contributed by atoms with Crippen molar-refractivity contribution in [2.75, 3.05) is 0 Å². The lowest BCUT2D eigenvalue weighted by Gasteiger charge is -2.05. The number of esters is 1. The van der Waals surface area contributed by atoms with Crippen molar-refractivity contribution >= 4 is 39.3 Å².